The Morgan fingerprint density at radius 3 is 2.94 bits per heavy atom. The minimum atomic E-state index is 0.917. The number of nitrogens with zero attached hydrogens (tertiary/aromatic N) is 2. The zero-order chi connectivity index (χ0) is 12.8. The van der Waals surface area contributed by atoms with Crippen molar-refractivity contribution in [3.05, 3.63) is 35.5 Å². The van der Waals surface area contributed by atoms with E-state index in [4.69, 9.17) is 0 Å². The van der Waals surface area contributed by atoms with Crippen molar-refractivity contribution in [2.45, 2.75) is 33.2 Å². The summed E-state index contributed by atoms with van der Waals surface area (Å²) in [6.45, 7) is 8.45. The Morgan fingerprint density at radius 1 is 1.39 bits per heavy atom. The fourth-order valence-corrected chi connectivity index (χ4v) is 2.22. The number of anilines is 1. The number of aromatic nitrogens is 1. The molecule has 98 valence electrons. The fourth-order valence-electron chi connectivity index (χ4n) is 2.22. The van der Waals surface area contributed by atoms with Gasteiger partial charge in [-0.25, -0.2) is 4.98 Å². The summed E-state index contributed by atoms with van der Waals surface area (Å²) >= 11 is 0. The van der Waals surface area contributed by atoms with Crippen molar-refractivity contribution >= 4 is 5.82 Å². The van der Waals surface area contributed by atoms with Crippen molar-refractivity contribution in [1.29, 1.82) is 0 Å². The number of pyridine rings is 1. The van der Waals surface area contributed by atoms with Crippen LogP contribution in [0.3, 0.4) is 0 Å². The third-order valence-corrected chi connectivity index (χ3v) is 3.22. The van der Waals surface area contributed by atoms with E-state index in [1.54, 1.807) is 0 Å². The molecule has 1 aliphatic rings. The fraction of sp³-hybridized carbons (Fsp3) is 0.533. The van der Waals surface area contributed by atoms with E-state index in [0.717, 1.165) is 38.4 Å². The summed E-state index contributed by atoms with van der Waals surface area (Å²) in [5.74, 6) is 1.10. The van der Waals surface area contributed by atoms with Crippen LogP contribution in [0, 0.1) is 0 Å². The van der Waals surface area contributed by atoms with Gasteiger partial charge in [0.15, 0.2) is 0 Å². The Labute approximate surface area is 110 Å². The van der Waals surface area contributed by atoms with E-state index in [1.165, 1.54) is 17.6 Å². The van der Waals surface area contributed by atoms with Gasteiger partial charge in [0.2, 0.25) is 0 Å². The van der Waals surface area contributed by atoms with Gasteiger partial charge in [-0.2, -0.15) is 0 Å². The van der Waals surface area contributed by atoms with E-state index in [0.29, 0.717) is 0 Å². The highest BCUT2D eigenvalue weighted by molar-refractivity contribution is 5.42. The Hall–Kier alpha value is -1.35. The van der Waals surface area contributed by atoms with Crippen LogP contribution in [0.15, 0.2) is 30.0 Å². The van der Waals surface area contributed by atoms with Crippen molar-refractivity contribution in [3.8, 4) is 0 Å². The molecular formula is C15H23N3. The number of rotatable bonds is 5. The number of hydrogen-bond acceptors (Lipinski definition) is 3. The van der Waals surface area contributed by atoms with Crippen molar-refractivity contribution in [3.63, 3.8) is 0 Å². The molecule has 3 heteroatoms. The molecule has 0 amide bonds. The highest BCUT2D eigenvalue weighted by Gasteiger charge is 2.11. The molecule has 18 heavy (non-hydrogen) atoms. The normalized spacial score (nSPS) is 15.7. The largest absolute Gasteiger partial charge is 0.352 e. The van der Waals surface area contributed by atoms with Crippen LogP contribution in [-0.4, -0.2) is 24.6 Å². The zero-order valence-electron chi connectivity index (χ0n) is 11.4. The van der Waals surface area contributed by atoms with Crippen LogP contribution in [0.2, 0.25) is 0 Å². The van der Waals surface area contributed by atoms with Crippen LogP contribution in [-0.2, 0) is 6.54 Å². The molecular weight excluding hydrogens is 222 g/mol. The molecule has 0 radical (unpaired) electrons. The molecule has 2 heterocycles. The quantitative estimate of drug-likeness (QED) is 0.638. The van der Waals surface area contributed by atoms with Gasteiger partial charge >= 0.3 is 0 Å². The first-order chi connectivity index (χ1) is 8.79. The molecule has 0 aliphatic carbocycles. The van der Waals surface area contributed by atoms with Gasteiger partial charge in [0.1, 0.15) is 5.82 Å². The highest BCUT2D eigenvalue weighted by Crippen LogP contribution is 2.17. The Bertz CT molecular complexity index is 395. The standard InChI is InChI=1S/C15H23N3/c1-3-8-16-10-14-6-7-15(17-11-14)18-9-4-5-13(2)12-18/h5-7,11,16H,3-4,8-10,12H2,1-2H3. The van der Waals surface area contributed by atoms with E-state index in [2.05, 4.69) is 47.3 Å². The van der Waals surface area contributed by atoms with Crippen molar-refractivity contribution < 1.29 is 0 Å². The average molecular weight is 245 g/mol. The molecule has 0 fully saturated rings. The highest BCUT2D eigenvalue weighted by atomic mass is 15.2. The van der Waals surface area contributed by atoms with Gasteiger partial charge in [0, 0.05) is 25.8 Å². The van der Waals surface area contributed by atoms with E-state index in [-0.39, 0.29) is 0 Å². The number of hydrogen-bond donors (Lipinski definition) is 1. The molecule has 0 saturated carbocycles. The monoisotopic (exact) mass is 245 g/mol. The second-order valence-electron chi connectivity index (χ2n) is 4.96. The average Bonchev–Trinajstić information content (AvgIpc) is 2.40. The molecule has 0 unspecified atom stereocenters. The molecule has 0 atom stereocenters. The molecule has 0 aromatic carbocycles. The molecule has 0 spiro atoms. The van der Waals surface area contributed by atoms with Crippen LogP contribution >= 0.6 is 0 Å². The minimum absolute atomic E-state index is 0.917. The first-order valence-corrected chi connectivity index (χ1v) is 6.86. The van der Waals surface area contributed by atoms with Gasteiger partial charge in [-0.15, -0.1) is 0 Å². The maximum absolute atomic E-state index is 4.57. The maximum atomic E-state index is 4.57. The molecule has 2 rings (SSSR count). The lowest BCUT2D eigenvalue weighted by Crippen LogP contribution is -2.29. The summed E-state index contributed by atoms with van der Waals surface area (Å²) in [7, 11) is 0. The van der Waals surface area contributed by atoms with Crippen LogP contribution in [0.25, 0.3) is 0 Å². The van der Waals surface area contributed by atoms with Crippen molar-refractivity contribution in [2.75, 3.05) is 24.5 Å². The SMILES string of the molecule is CCCNCc1ccc(N2CCC=C(C)C2)nc1. The predicted molar refractivity (Wildman–Crippen MR) is 76.8 cm³/mol. The molecule has 3 nitrogen and oxygen atoms in total. The van der Waals surface area contributed by atoms with Gasteiger partial charge in [-0.05, 0) is 37.9 Å². The lowest BCUT2D eigenvalue weighted by atomic mass is 10.1. The van der Waals surface area contributed by atoms with E-state index in [1.807, 2.05) is 6.20 Å². The summed E-state index contributed by atoms with van der Waals surface area (Å²) in [5.41, 5.74) is 2.70. The number of nitrogens with one attached hydrogen (secondary N) is 1. The van der Waals surface area contributed by atoms with Crippen LogP contribution in [0.1, 0.15) is 32.3 Å². The Balaban J connectivity index is 1.93. The van der Waals surface area contributed by atoms with Crippen LogP contribution in [0.5, 0.6) is 0 Å². The van der Waals surface area contributed by atoms with Gasteiger partial charge in [0.25, 0.3) is 0 Å². The first-order valence-electron chi connectivity index (χ1n) is 6.86. The van der Waals surface area contributed by atoms with Gasteiger partial charge < -0.3 is 10.2 Å². The predicted octanol–water partition coefficient (Wildman–Crippen LogP) is 2.74. The maximum Gasteiger partial charge on any atom is 0.128 e. The summed E-state index contributed by atoms with van der Waals surface area (Å²) in [5, 5.41) is 3.39. The summed E-state index contributed by atoms with van der Waals surface area (Å²) in [6.07, 6.45) is 6.61. The van der Waals surface area contributed by atoms with Crippen LogP contribution < -0.4 is 10.2 Å². The van der Waals surface area contributed by atoms with Crippen molar-refractivity contribution in [1.82, 2.24) is 10.3 Å². The summed E-state index contributed by atoms with van der Waals surface area (Å²) in [4.78, 5) is 6.92. The Kier molecular flexibility index (Phi) is 4.76. The first kappa shape index (κ1) is 13.1. The minimum Gasteiger partial charge on any atom is -0.352 e. The molecule has 1 aromatic rings. The van der Waals surface area contributed by atoms with E-state index in [9.17, 15) is 0 Å². The van der Waals surface area contributed by atoms with Crippen LogP contribution in [0.4, 0.5) is 5.82 Å². The zero-order valence-corrected chi connectivity index (χ0v) is 11.4. The Morgan fingerprint density at radius 2 is 2.28 bits per heavy atom. The van der Waals surface area contributed by atoms with Gasteiger partial charge in [-0.3, -0.25) is 0 Å². The summed E-state index contributed by atoms with van der Waals surface area (Å²) < 4.78 is 0. The summed E-state index contributed by atoms with van der Waals surface area (Å²) in [6, 6.07) is 4.32. The topological polar surface area (TPSA) is 28.2 Å². The molecule has 0 bridgehead atoms. The lowest BCUT2D eigenvalue weighted by Gasteiger charge is -2.27. The molecule has 1 aliphatic heterocycles. The van der Waals surface area contributed by atoms with E-state index < -0.39 is 0 Å². The third kappa shape index (κ3) is 3.57. The smallest absolute Gasteiger partial charge is 0.128 e. The molecule has 1 N–H and O–H groups in total. The van der Waals surface area contributed by atoms with Gasteiger partial charge in [-0.1, -0.05) is 24.6 Å². The van der Waals surface area contributed by atoms with E-state index >= 15 is 0 Å². The van der Waals surface area contributed by atoms with Gasteiger partial charge in [0.05, 0.1) is 0 Å². The second kappa shape index (κ2) is 6.55. The lowest BCUT2D eigenvalue weighted by molar-refractivity contribution is 0.673. The second-order valence-corrected chi connectivity index (χ2v) is 4.96. The molecule has 1 aromatic heterocycles. The molecule has 0 saturated heterocycles. The third-order valence-electron chi connectivity index (χ3n) is 3.22. The van der Waals surface area contributed by atoms with Crippen molar-refractivity contribution in [2.24, 2.45) is 0 Å².